The molecule has 2 aromatic heterocycles. The minimum absolute atomic E-state index is 0.290. The second kappa shape index (κ2) is 8.68. The van der Waals surface area contributed by atoms with E-state index in [2.05, 4.69) is 15.3 Å². The fraction of sp³-hybridized carbons (Fsp3) is 0.280. The van der Waals surface area contributed by atoms with Gasteiger partial charge in [0.15, 0.2) is 0 Å². The number of amides is 1. The van der Waals surface area contributed by atoms with E-state index in [4.69, 9.17) is 0 Å². The van der Waals surface area contributed by atoms with E-state index in [0.717, 1.165) is 27.4 Å². The number of rotatable bonds is 4. The Kier molecular flexibility index (Phi) is 5.66. The van der Waals surface area contributed by atoms with Crippen LogP contribution in [0.3, 0.4) is 0 Å². The second-order valence-corrected chi connectivity index (χ2v) is 8.73. The molecule has 0 spiro atoms. The number of fused-ring (bicyclic) bond motifs is 1. The van der Waals surface area contributed by atoms with Crippen molar-refractivity contribution in [3.63, 3.8) is 0 Å². The van der Waals surface area contributed by atoms with E-state index in [1.807, 2.05) is 42.8 Å². The molecule has 1 amide bonds. The number of aryl methyl sites for hydroxylation is 3. The van der Waals surface area contributed by atoms with E-state index in [0.29, 0.717) is 29.8 Å². The lowest BCUT2D eigenvalue weighted by molar-refractivity contribution is -0.134. The minimum atomic E-state index is -4.53. The lowest BCUT2D eigenvalue weighted by Gasteiger charge is -2.26. The Morgan fingerprint density at radius 1 is 1.06 bits per heavy atom. The Hall–Kier alpha value is -3.95. The molecule has 1 atom stereocenters. The summed E-state index contributed by atoms with van der Waals surface area (Å²) in [5.74, 6) is -0.647. The van der Waals surface area contributed by atoms with Crippen molar-refractivity contribution in [1.82, 2.24) is 24.5 Å². The van der Waals surface area contributed by atoms with Gasteiger partial charge in [-0.1, -0.05) is 29.5 Å². The predicted molar refractivity (Wildman–Crippen MR) is 124 cm³/mol. The SMILES string of the molecule is Cc1cn(-c2ccc(-c3cn(C4CCc5ccccc5N(CC(F)(F)F)C4=O)nn3)cc2C)cn1. The third-order valence-electron chi connectivity index (χ3n) is 6.17. The van der Waals surface area contributed by atoms with Gasteiger partial charge in [-0.2, -0.15) is 13.2 Å². The smallest absolute Gasteiger partial charge is 0.306 e. The van der Waals surface area contributed by atoms with Crippen LogP contribution >= 0.6 is 0 Å². The zero-order chi connectivity index (χ0) is 24.7. The summed E-state index contributed by atoms with van der Waals surface area (Å²) < 4.78 is 43.4. The number of halogens is 3. The molecule has 180 valence electrons. The van der Waals surface area contributed by atoms with E-state index in [1.54, 1.807) is 36.8 Å². The van der Waals surface area contributed by atoms with Gasteiger partial charge < -0.3 is 9.47 Å². The zero-order valence-corrected chi connectivity index (χ0v) is 19.2. The van der Waals surface area contributed by atoms with Crippen LogP contribution in [0.5, 0.6) is 0 Å². The number of benzene rings is 2. The van der Waals surface area contributed by atoms with Crippen molar-refractivity contribution < 1.29 is 18.0 Å². The zero-order valence-electron chi connectivity index (χ0n) is 19.2. The average molecular weight is 480 g/mol. The van der Waals surface area contributed by atoms with Crippen LogP contribution < -0.4 is 4.90 Å². The molecule has 1 aliphatic heterocycles. The number of para-hydroxylation sites is 1. The highest BCUT2D eigenvalue weighted by atomic mass is 19.4. The summed E-state index contributed by atoms with van der Waals surface area (Å²) in [7, 11) is 0. The van der Waals surface area contributed by atoms with Gasteiger partial charge in [-0.15, -0.1) is 5.10 Å². The number of anilines is 1. The molecular weight excluding hydrogens is 457 g/mol. The van der Waals surface area contributed by atoms with Crippen molar-refractivity contribution in [1.29, 1.82) is 0 Å². The number of alkyl halides is 3. The Balaban J connectivity index is 1.45. The van der Waals surface area contributed by atoms with Crippen molar-refractivity contribution in [2.24, 2.45) is 0 Å². The Labute approximate surface area is 199 Å². The van der Waals surface area contributed by atoms with Gasteiger partial charge in [0.1, 0.15) is 18.3 Å². The highest BCUT2D eigenvalue weighted by Gasteiger charge is 2.39. The lowest BCUT2D eigenvalue weighted by atomic mass is 10.1. The van der Waals surface area contributed by atoms with Crippen molar-refractivity contribution in [3.05, 3.63) is 78.0 Å². The monoisotopic (exact) mass is 480 g/mol. The van der Waals surface area contributed by atoms with Crippen molar-refractivity contribution >= 4 is 11.6 Å². The molecule has 0 saturated carbocycles. The van der Waals surface area contributed by atoms with Crippen molar-refractivity contribution in [2.75, 3.05) is 11.4 Å². The molecule has 0 bridgehead atoms. The maximum atomic E-state index is 13.4. The molecule has 0 radical (unpaired) electrons. The molecule has 7 nitrogen and oxygen atoms in total. The summed E-state index contributed by atoms with van der Waals surface area (Å²) in [5, 5.41) is 8.36. The molecule has 1 aliphatic rings. The van der Waals surface area contributed by atoms with Crippen LogP contribution in [0.1, 0.15) is 29.3 Å². The van der Waals surface area contributed by atoms with E-state index < -0.39 is 24.7 Å². The molecule has 4 aromatic rings. The normalized spacial score (nSPS) is 16.3. The molecule has 0 fully saturated rings. The topological polar surface area (TPSA) is 68.8 Å². The highest BCUT2D eigenvalue weighted by molar-refractivity contribution is 5.97. The number of aromatic nitrogens is 5. The van der Waals surface area contributed by atoms with Crippen molar-refractivity contribution in [3.8, 4) is 16.9 Å². The second-order valence-electron chi connectivity index (χ2n) is 8.73. The van der Waals surface area contributed by atoms with Crippen LogP contribution in [-0.2, 0) is 11.2 Å². The van der Waals surface area contributed by atoms with Crippen molar-refractivity contribution in [2.45, 2.75) is 38.9 Å². The number of hydrogen-bond donors (Lipinski definition) is 0. The van der Waals surface area contributed by atoms with Gasteiger partial charge in [0.2, 0.25) is 0 Å². The van der Waals surface area contributed by atoms with Gasteiger partial charge in [0.25, 0.3) is 5.91 Å². The molecule has 1 unspecified atom stereocenters. The largest absolute Gasteiger partial charge is 0.406 e. The summed E-state index contributed by atoms with van der Waals surface area (Å²) in [4.78, 5) is 18.4. The molecule has 3 heterocycles. The van der Waals surface area contributed by atoms with Crippen LogP contribution in [0, 0.1) is 13.8 Å². The van der Waals surface area contributed by atoms with Gasteiger partial charge in [-0.25, -0.2) is 9.67 Å². The first-order valence-electron chi connectivity index (χ1n) is 11.2. The first kappa shape index (κ1) is 22.8. The summed E-state index contributed by atoms with van der Waals surface area (Å²) in [6, 6.07) is 11.6. The molecule has 0 aliphatic carbocycles. The molecule has 2 aromatic carbocycles. The summed E-state index contributed by atoms with van der Waals surface area (Å²) in [6.45, 7) is 2.54. The molecule has 0 saturated heterocycles. The number of carbonyl (C=O) groups is 1. The summed E-state index contributed by atoms with van der Waals surface area (Å²) in [6.07, 6.45) is 1.55. The van der Waals surface area contributed by atoms with E-state index in [9.17, 15) is 18.0 Å². The van der Waals surface area contributed by atoms with Crippen LogP contribution in [0.4, 0.5) is 18.9 Å². The first-order valence-corrected chi connectivity index (χ1v) is 11.2. The number of carbonyl (C=O) groups excluding carboxylic acids is 1. The van der Waals surface area contributed by atoms with Gasteiger partial charge in [0.05, 0.1) is 18.2 Å². The molecule has 35 heavy (non-hydrogen) atoms. The number of imidazole rings is 1. The molecule has 5 rings (SSSR count). The number of hydrogen-bond acceptors (Lipinski definition) is 4. The maximum Gasteiger partial charge on any atom is 0.406 e. The minimum Gasteiger partial charge on any atom is -0.306 e. The third-order valence-corrected chi connectivity index (χ3v) is 6.17. The average Bonchev–Trinajstić information content (AvgIpc) is 3.44. The van der Waals surface area contributed by atoms with Crippen LogP contribution in [0.15, 0.2) is 61.2 Å². The fourth-order valence-corrected chi connectivity index (χ4v) is 4.51. The molecule has 10 heteroatoms. The lowest BCUT2D eigenvalue weighted by Crippen LogP contribution is -2.42. The van der Waals surface area contributed by atoms with Gasteiger partial charge in [-0.3, -0.25) is 4.79 Å². The maximum absolute atomic E-state index is 13.4. The van der Waals surface area contributed by atoms with E-state index in [1.165, 1.54) is 4.68 Å². The quantitative estimate of drug-likeness (QED) is 0.420. The van der Waals surface area contributed by atoms with E-state index in [-0.39, 0.29) is 0 Å². The summed E-state index contributed by atoms with van der Waals surface area (Å²) in [5.41, 5.74) is 5.20. The third kappa shape index (κ3) is 4.55. The summed E-state index contributed by atoms with van der Waals surface area (Å²) >= 11 is 0. The van der Waals surface area contributed by atoms with Gasteiger partial charge in [0, 0.05) is 23.1 Å². The Morgan fingerprint density at radius 3 is 2.57 bits per heavy atom. The van der Waals surface area contributed by atoms with Gasteiger partial charge in [-0.05, 0) is 56.0 Å². The van der Waals surface area contributed by atoms with Crippen LogP contribution in [0.2, 0.25) is 0 Å². The first-order chi connectivity index (χ1) is 16.7. The Bertz CT molecular complexity index is 1390. The highest BCUT2D eigenvalue weighted by Crippen LogP contribution is 2.34. The molecular formula is C25H23F3N6O. The van der Waals surface area contributed by atoms with Crippen LogP contribution in [0.25, 0.3) is 16.9 Å². The Morgan fingerprint density at radius 2 is 1.86 bits per heavy atom. The van der Waals surface area contributed by atoms with E-state index >= 15 is 0 Å². The fourth-order valence-electron chi connectivity index (χ4n) is 4.51. The standard InChI is InChI=1S/C25H23F3N6O/c1-16-11-19(8-9-21(16)32-12-17(2)29-15-32)20-13-34(31-30-20)23-10-7-18-5-3-4-6-22(18)33(24(23)35)14-25(26,27)28/h3-6,8-9,11-13,15,23H,7,10,14H2,1-2H3. The van der Waals surface area contributed by atoms with Crippen LogP contribution in [-0.4, -0.2) is 43.2 Å². The number of nitrogens with zero attached hydrogens (tertiary/aromatic N) is 6. The predicted octanol–water partition coefficient (Wildman–Crippen LogP) is 4.83. The van der Waals surface area contributed by atoms with Gasteiger partial charge >= 0.3 is 6.18 Å². The molecule has 0 N–H and O–H groups in total.